The Kier molecular flexibility index (Phi) is 5.55. The van der Waals surface area contributed by atoms with Gasteiger partial charge in [0.1, 0.15) is 6.10 Å². The number of rotatable bonds is 6. The molecule has 19 heavy (non-hydrogen) atoms. The summed E-state index contributed by atoms with van der Waals surface area (Å²) in [6.07, 6.45) is 0.562. The molecule has 2 atom stereocenters. The summed E-state index contributed by atoms with van der Waals surface area (Å²) in [7, 11) is 0. The molecule has 0 aromatic heterocycles. The fourth-order valence-electron chi connectivity index (χ4n) is 1.85. The summed E-state index contributed by atoms with van der Waals surface area (Å²) in [5.41, 5.74) is 0.862. The molecule has 0 saturated heterocycles. The summed E-state index contributed by atoms with van der Waals surface area (Å²) in [5, 5.41) is 13.0. The number of nitrogens with one attached hydrogen (secondary N) is 1. The molecule has 1 aromatic rings. The van der Waals surface area contributed by atoms with E-state index >= 15 is 0 Å². The molecule has 2 N–H and O–H groups in total. The van der Waals surface area contributed by atoms with E-state index in [4.69, 9.17) is 0 Å². The molecular weight excluding hydrogens is 238 g/mol. The van der Waals surface area contributed by atoms with Crippen molar-refractivity contribution in [1.82, 2.24) is 5.32 Å². The van der Waals surface area contributed by atoms with Crippen molar-refractivity contribution in [2.24, 2.45) is 5.92 Å². The van der Waals surface area contributed by atoms with E-state index in [0.29, 0.717) is 6.42 Å². The van der Waals surface area contributed by atoms with Crippen LogP contribution in [0, 0.1) is 5.92 Å². The summed E-state index contributed by atoms with van der Waals surface area (Å²) in [6.45, 7) is 7.83. The number of amides is 1. The van der Waals surface area contributed by atoms with Crippen molar-refractivity contribution >= 4 is 5.91 Å². The minimum absolute atomic E-state index is 0.102. The van der Waals surface area contributed by atoms with Crippen molar-refractivity contribution in [3.63, 3.8) is 0 Å². The highest BCUT2D eigenvalue weighted by atomic mass is 16.3. The maximum atomic E-state index is 12.0. The molecule has 1 unspecified atom stereocenters. The third kappa shape index (κ3) is 5.03. The topological polar surface area (TPSA) is 49.3 Å². The van der Waals surface area contributed by atoms with E-state index in [-0.39, 0.29) is 17.4 Å². The van der Waals surface area contributed by atoms with Gasteiger partial charge in [0.05, 0.1) is 0 Å². The average molecular weight is 263 g/mol. The van der Waals surface area contributed by atoms with Gasteiger partial charge in [-0.15, -0.1) is 0 Å². The van der Waals surface area contributed by atoms with Gasteiger partial charge in [-0.3, -0.25) is 4.79 Å². The van der Waals surface area contributed by atoms with Crippen molar-refractivity contribution in [3.05, 3.63) is 35.9 Å². The van der Waals surface area contributed by atoms with Gasteiger partial charge in [-0.1, -0.05) is 44.2 Å². The summed E-state index contributed by atoms with van der Waals surface area (Å²) >= 11 is 0. The van der Waals surface area contributed by atoms with Gasteiger partial charge < -0.3 is 10.4 Å². The molecule has 0 aliphatic heterocycles. The standard InChI is InChI=1S/C16H25NO2/c1-5-16(3,4)17-15(19)14(18)12(2)11-13-9-7-6-8-10-13/h6-10,12,14,18H,5,11H2,1-4H3,(H,17,19)/t12-,14?/m0/s1. The number of aliphatic hydroxyl groups is 1. The largest absolute Gasteiger partial charge is 0.383 e. The quantitative estimate of drug-likeness (QED) is 0.828. The Morgan fingerprint density at radius 2 is 1.89 bits per heavy atom. The van der Waals surface area contributed by atoms with Crippen LogP contribution in [0.15, 0.2) is 30.3 Å². The van der Waals surface area contributed by atoms with Crippen molar-refractivity contribution in [2.75, 3.05) is 0 Å². The van der Waals surface area contributed by atoms with Gasteiger partial charge in [0.15, 0.2) is 0 Å². The van der Waals surface area contributed by atoms with Crippen LogP contribution in [0.1, 0.15) is 39.7 Å². The molecule has 0 aliphatic carbocycles. The summed E-state index contributed by atoms with van der Waals surface area (Å²) < 4.78 is 0. The molecule has 1 aromatic carbocycles. The molecule has 0 heterocycles. The first kappa shape index (κ1) is 15.7. The second-order valence-electron chi connectivity index (χ2n) is 5.84. The molecule has 1 amide bonds. The van der Waals surface area contributed by atoms with E-state index in [9.17, 15) is 9.90 Å². The van der Waals surface area contributed by atoms with Crippen molar-refractivity contribution in [1.29, 1.82) is 0 Å². The maximum Gasteiger partial charge on any atom is 0.249 e. The minimum Gasteiger partial charge on any atom is -0.383 e. The Hall–Kier alpha value is -1.35. The maximum absolute atomic E-state index is 12.0. The molecular formula is C16H25NO2. The third-order valence-electron chi connectivity index (χ3n) is 3.55. The lowest BCUT2D eigenvalue weighted by molar-refractivity contribution is -0.133. The summed E-state index contributed by atoms with van der Waals surface area (Å²) in [5.74, 6) is -0.384. The number of hydrogen-bond acceptors (Lipinski definition) is 2. The monoisotopic (exact) mass is 263 g/mol. The third-order valence-corrected chi connectivity index (χ3v) is 3.55. The van der Waals surface area contributed by atoms with Crippen LogP contribution in [-0.4, -0.2) is 22.7 Å². The Morgan fingerprint density at radius 3 is 2.42 bits per heavy atom. The highest BCUT2D eigenvalue weighted by Crippen LogP contribution is 2.14. The molecule has 0 radical (unpaired) electrons. The average Bonchev–Trinajstić information content (AvgIpc) is 2.38. The molecule has 0 aliphatic rings. The van der Waals surface area contributed by atoms with Crippen molar-refractivity contribution in [3.8, 4) is 0 Å². The highest BCUT2D eigenvalue weighted by Gasteiger charge is 2.26. The smallest absolute Gasteiger partial charge is 0.249 e. The number of aliphatic hydroxyl groups excluding tert-OH is 1. The Balaban J connectivity index is 2.57. The first-order valence-electron chi connectivity index (χ1n) is 6.89. The first-order valence-corrected chi connectivity index (χ1v) is 6.89. The van der Waals surface area contributed by atoms with Gasteiger partial charge in [-0.25, -0.2) is 0 Å². The lowest BCUT2D eigenvalue weighted by Gasteiger charge is -2.27. The van der Waals surface area contributed by atoms with E-state index in [1.807, 2.05) is 58.0 Å². The van der Waals surface area contributed by atoms with Gasteiger partial charge >= 0.3 is 0 Å². The van der Waals surface area contributed by atoms with Gasteiger partial charge in [0.25, 0.3) is 0 Å². The van der Waals surface area contributed by atoms with Crippen LogP contribution >= 0.6 is 0 Å². The first-order chi connectivity index (χ1) is 8.85. The Labute approximate surface area is 116 Å². The summed E-state index contributed by atoms with van der Waals surface area (Å²) in [6, 6.07) is 9.92. The second-order valence-corrected chi connectivity index (χ2v) is 5.84. The van der Waals surface area contributed by atoms with Crippen LogP contribution in [0.4, 0.5) is 0 Å². The van der Waals surface area contributed by atoms with E-state index in [1.165, 1.54) is 0 Å². The molecule has 3 nitrogen and oxygen atoms in total. The van der Waals surface area contributed by atoms with Crippen LogP contribution in [0.25, 0.3) is 0 Å². The SMILES string of the molecule is CCC(C)(C)NC(=O)C(O)[C@@H](C)Cc1ccccc1. The molecule has 1 rings (SSSR count). The van der Waals surface area contributed by atoms with E-state index in [1.54, 1.807) is 0 Å². The predicted molar refractivity (Wildman–Crippen MR) is 77.8 cm³/mol. The fraction of sp³-hybridized carbons (Fsp3) is 0.562. The number of carbonyl (C=O) groups excluding carboxylic acids is 1. The van der Waals surface area contributed by atoms with Crippen LogP contribution in [0.3, 0.4) is 0 Å². The fourth-order valence-corrected chi connectivity index (χ4v) is 1.85. The lowest BCUT2D eigenvalue weighted by Crippen LogP contribution is -2.49. The number of carbonyl (C=O) groups is 1. The lowest BCUT2D eigenvalue weighted by atomic mass is 9.94. The van der Waals surface area contributed by atoms with Crippen molar-refractivity contribution in [2.45, 2.75) is 52.2 Å². The molecule has 0 saturated carbocycles. The molecule has 0 bridgehead atoms. The summed E-state index contributed by atoms with van der Waals surface area (Å²) in [4.78, 5) is 12.0. The zero-order valence-electron chi connectivity index (χ0n) is 12.3. The van der Waals surface area contributed by atoms with Crippen LogP contribution in [0.2, 0.25) is 0 Å². The molecule has 106 valence electrons. The zero-order chi connectivity index (χ0) is 14.5. The molecule has 0 fully saturated rings. The highest BCUT2D eigenvalue weighted by molar-refractivity contribution is 5.81. The molecule has 3 heteroatoms. The van der Waals surface area contributed by atoms with Crippen molar-refractivity contribution < 1.29 is 9.90 Å². The van der Waals surface area contributed by atoms with Crippen LogP contribution in [0.5, 0.6) is 0 Å². The van der Waals surface area contributed by atoms with E-state index in [2.05, 4.69) is 5.32 Å². The Morgan fingerprint density at radius 1 is 1.32 bits per heavy atom. The van der Waals surface area contributed by atoms with Gasteiger partial charge in [0.2, 0.25) is 5.91 Å². The normalized spacial score (nSPS) is 14.8. The number of hydrogen-bond donors (Lipinski definition) is 2. The minimum atomic E-state index is -0.967. The van der Waals surface area contributed by atoms with Gasteiger partial charge in [-0.05, 0) is 38.2 Å². The molecule has 0 spiro atoms. The van der Waals surface area contributed by atoms with E-state index < -0.39 is 6.10 Å². The zero-order valence-corrected chi connectivity index (χ0v) is 12.3. The Bertz CT molecular complexity index is 400. The predicted octanol–water partition coefficient (Wildman–Crippen LogP) is 2.53. The van der Waals surface area contributed by atoms with Crippen LogP contribution < -0.4 is 5.32 Å². The second kappa shape index (κ2) is 6.71. The number of benzene rings is 1. The van der Waals surface area contributed by atoms with Gasteiger partial charge in [0, 0.05) is 5.54 Å². The van der Waals surface area contributed by atoms with E-state index in [0.717, 1.165) is 12.0 Å². The van der Waals surface area contributed by atoms with Gasteiger partial charge in [-0.2, -0.15) is 0 Å². The van der Waals surface area contributed by atoms with Crippen LogP contribution in [-0.2, 0) is 11.2 Å².